The van der Waals surface area contributed by atoms with Crippen LogP contribution in [0.25, 0.3) is 0 Å². The molecule has 0 radical (unpaired) electrons. The number of carbonyl (C=O) groups excluding carboxylic acids is 1. The van der Waals surface area contributed by atoms with E-state index in [1.807, 2.05) is 5.38 Å². The highest BCUT2D eigenvalue weighted by atomic mass is 32.1. The molecule has 2 aliphatic rings. The summed E-state index contributed by atoms with van der Waals surface area (Å²) >= 11 is 1.44. The van der Waals surface area contributed by atoms with Crippen LogP contribution in [0.2, 0.25) is 0 Å². The number of thiazole rings is 1. The minimum absolute atomic E-state index is 0.0921. The van der Waals surface area contributed by atoms with E-state index in [-0.39, 0.29) is 23.6 Å². The summed E-state index contributed by atoms with van der Waals surface area (Å²) in [6, 6.07) is 4.56. The van der Waals surface area contributed by atoms with Crippen molar-refractivity contribution in [1.29, 1.82) is 0 Å². The van der Waals surface area contributed by atoms with Crippen LogP contribution in [0, 0.1) is 18.6 Å². The third kappa shape index (κ3) is 5.01. The first-order valence-electron chi connectivity index (χ1n) is 11.6. The lowest BCUT2D eigenvalue weighted by atomic mass is 9.97. The first-order valence-corrected chi connectivity index (χ1v) is 12.5. The Labute approximate surface area is 212 Å². The number of piperidine rings is 1. The molecule has 37 heavy (non-hydrogen) atoms. The van der Waals surface area contributed by atoms with Crippen molar-refractivity contribution in [2.45, 2.75) is 50.6 Å². The molecule has 1 saturated heterocycles. The zero-order valence-corrected chi connectivity index (χ0v) is 20.4. The number of aromatic nitrogens is 3. The maximum Gasteiger partial charge on any atom is 0.435 e. The number of likely N-dealkylation sites (tertiary alicyclic amines) is 1. The third-order valence-corrected chi connectivity index (χ3v) is 7.65. The van der Waals surface area contributed by atoms with Crippen LogP contribution in [-0.2, 0) is 15.8 Å². The molecule has 0 spiro atoms. The molecule has 196 valence electrons. The fraction of sp³-hybridized carbons (Fsp3) is 0.417. The molecule has 4 heterocycles. The van der Waals surface area contributed by atoms with E-state index < -0.39 is 35.8 Å². The van der Waals surface area contributed by atoms with E-state index in [9.17, 15) is 26.7 Å². The molecule has 1 fully saturated rings. The molecular weight excluding hydrogens is 517 g/mol. The van der Waals surface area contributed by atoms with E-state index in [0.717, 1.165) is 15.8 Å². The van der Waals surface area contributed by atoms with Gasteiger partial charge in [0, 0.05) is 36.5 Å². The summed E-state index contributed by atoms with van der Waals surface area (Å²) < 4.78 is 68.5. The average molecular weight is 540 g/mol. The van der Waals surface area contributed by atoms with Crippen LogP contribution in [0.4, 0.5) is 22.0 Å². The van der Waals surface area contributed by atoms with E-state index in [1.165, 1.54) is 36.5 Å². The smallest absolute Gasteiger partial charge is 0.387 e. The van der Waals surface area contributed by atoms with Crippen LogP contribution in [0.3, 0.4) is 0 Å². The van der Waals surface area contributed by atoms with Crippen molar-refractivity contribution in [3.63, 3.8) is 0 Å². The van der Waals surface area contributed by atoms with Crippen LogP contribution in [0.1, 0.15) is 65.1 Å². The van der Waals surface area contributed by atoms with Gasteiger partial charge in [-0.05, 0) is 38.0 Å². The summed E-state index contributed by atoms with van der Waals surface area (Å²) in [6.07, 6.45) is -4.29. The zero-order chi connectivity index (χ0) is 26.3. The first-order chi connectivity index (χ1) is 17.7. The molecule has 3 aromatic rings. The molecule has 1 unspecified atom stereocenters. The van der Waals surface area contributed by atoms with Gasteiger partial charge in [-0.15, -0.1) is 11.3 Å². The molecule has 0 N–H and O–H groups in total. The number of rotatable bonds is 6. The Hall–Kier alpha value is -3.19. The largest absolute Gasteiger partial charge is 0.435 e. The molecule has 0 saturated carbocycles. The van der Waals surface area contributed by atoms with Gasteiger partial charge in [-0.2, -0.15) is 18.3 Å². The van der Waals surface area contributed by atoms with E-state index in [4.69, 9.17) is 4.84 Å². The Morgan fingerprint density at radius 3 is 2.51 bits per heavy atom. The van der Waals surface area contributed by atoms with Crippen LogP contribution in [0.5, 0.6) is 0 Å². The Balaban J connectivity index is 1.22. The molecule has 13 heteroatoms. The number of oxime groups is 1. The van der Waals surface area contributed by atoms with Crippen molar-refractivity contribution in [2.24, 2.45) is 5.16 Å². The lowest BCUT2D eigenvalue weighted by Crippen LogP contribution is -2.40. The normalized spacial score (nSPS) is 20.1. The highest BCUT2D eigenvalue weighted by molar-refractivity contribution is 7.10. The summed E-state index contributed by atoms with van der Waals surface area (Å²) in [4.78, 5) is 23.6. The summed E-state index contributed by atoms with van der Waals surface area (Å²) in [7, 11) is 0. The predicted molar refractivity (Wildman–Crippen MR) is 124 cm³/mol. The van der Waals surface area contributed by atoms with Gasteiger partial charge in [0.25, 0.3) is 0 Å². The van der Waals surface area contributed by atoms with E-state index >= 15 is 0 Å². The average Bonchev–Trinajstić information content (AvgIpc) is 3.60. The van der Waals surface area contributed by atoms with Gasteiger partial charge in [-0.25, -0.2) is 18.4 Å². The van der Waals surface area contributed by atoms with Crippen molar-refractivity contribution in [1.82, 2.24) is 19.7 Å². The second-order valence-electron chi connectivity index (χ2n) is 9.02. The highest BCUT2D eigenvalue weighted by Crippen LogP contribution is 2.36. The maximum atomic E-state index is 14.1. The van der Waals surface area contributed by atoms with Gasteiger partial charge < -0.3 is 4.84 Å². The van der Waals surface area contributed by atoms with Crippen LogP contribution in [-0.4, -0.2) is 44.8 Å². The lowest BCUT2D eigenvalue weighted by molar-refractivity contribution is -0.142. The van der Waals surface area contributed by atoms with E-state index in [1.54, 1.807) is 4.90 Å². The Morgan fingerprint density at radius 2 is 1.89 bits per heavy atom. The Kier molecular flexibility index (Phi) is 6.84. The zero-order valence-electron chi connectivity index (χ0n) is 19.6. The molecule has 7 nitrogen and oxygen atoms in total. The number of halogens is 5. The van der Waals surface area contributed by atoms with Crippen molar-refractivity contribution in [3.05, 3.63) is 68.9 Å². The molecule has 0 aliphatic carbocycles. The Bertz CT molecular complexity index is 1310. The quantitative estimate of drug-likeness (QED) is 0.310. The number of aldehydes is 1. The molecule has 2 atom stereocenters. The predicted octanol–water partition coefficient (Wildman–Crippen LogP) is 5.39. The number of benzene rings is 1. The van der Waals surface area contributed by atoms with Crippen LogP contribution >= 0.6 is 11.3 Å². The maximum absolute atomic E-state index is 14.1. The number of nitrogens with zero attached hydrogens (tertiary/aromatic N) is 5. The highest BCUT2D eigenvalue weighted by Gasteiger charge is 2.37. The number of hydrogen-bond acceptors (Lipinski definition) is 7. The number of carbonyl (C=O) groups is 1. The fourth-order valence-corrected chi connectivity index (χ4v) is 5.71. The molecule has 0 bridgehead atoms. The second kappa shape index (κ2) is 9.93. The van der Waals surface area contributed by atoms with Gasteiger partial charge in [0.05, 0.1) is 16.3 Å². The van der Waals surface area contributed by atoms with Gasteiger partial charge in [0.1, 0.15) is 17.3 Å². The molecular formula is C24H22F5N5O2S. The van der Waals surface area contributed by atoms with Crippen molar-refractivity contribution in [3.8, 4) is 0 Å². The molecule has 5 rings (SSSR count). The monoisotopic (exact) mass is 539 g/mol. The van der Waals surface area contributed by atoms with Crippen molar-refractivity contribution in [2.75, 3.05) is 13.1 Å². The summed E-state index contributed by atoms with van der Waals surface area (Å²) in [6.45, 7) is 2.44. The number of hydrogen-bond donors (Lipinski definition) is 0. The van der Waals surface area contributed by atoms with Gasteiger partial charge >= 0.3 is 6.18 Å². The van der Waals surface area contributed by atoms with Gasteiger partial charge in [0.2, 0.25) is 0 Å². The molecule has 2 aromatic heterocycles. The van der Waals surface area contributed by atoms with Crippen LogP contribution in [0.15, 0.2) is 34.8 Å². The minimum Gasteiger partial charge on any atom is -0.387 e. The number of alkyl halides is 3. The Morgan fingerprint density at radius 1 is 1.19 bits per heavy atom. The molecule has 1 aromatic carbocycles. The third-order valence-electron chi connectivity index (χ3n) is 6.65. The first kappa shape index (κ1) is 25.5. The minimum atomic E-state index is -4.59. The SMILES string of the molecule is Cc1cc(C(F)(F)F)nn1C(C=O)N1CCC(c2nc(C3=NO[C@@H](c4c(F)cccc4F)C3)cs2)CC1. The van der Waals surface area contributed by atoms with E-state index in [0.29, 0.717) is 43.6 Å². The van der Waals surface area contributed by atoms with Crippen molar-refractivity contribution >= 4 is 23.3 Å². The van der Waals surface area contributed by atoms with Gasteiger partial charge in [0.15, 0.2) is 24.2 Å². The fourth-order valence-electron chi connectivity index (χ4n) is 4.71. The summed E-state index contributed by atoms with van der Waals surface area (Å²) in [5.74, 6) is -1.30. The molecule has 0 amide bonds. The van der Waals surface area contributed by atoms with Gasteiger partial charge in [-0.3, -0.25) is 9.69 Å². The van der Waals surface area contributed by atoms with Crippen molar-refractivity contribution < 1.29 is 31.6 Å². The topological polar surface area (TPSA) is 72.6 Å². The molecule has 2 aliphatic heterocycles. The van der Waals surface area contributed by atoms with Crippen LogP contribution < -0.4 is 0 Å². The van der Waals surface area contributed by atoms with E-state index in [2.05, 4.69) is 15.2 Å². The number of aryl methyl sites for hydroxylation is 1. The summed E-state index contributed by atoms with van der Waals surface area (Å²) in [5.41, 5.74) is 0.149. The summed E-state index contributed by atoms with van der Waals surface area (Å²) in [5, 5.41) is 10.3. The standard InChI is InChI=1S/C24H22F5N5O2S/c1-13-9-20(24(27,28)29)31-34(13)21(11-35)33-7-5-14(6-8-33)23-30-18(12-37-23)17-10-19(36-32-17)22-15(25)3-2-4-16(22)26/h2-4,9,11-12,14,19,21H,5-8,10H2,1H3/t19-,21?/m1/s1. The lowest BCUT2D eigenvalue weighted by Gasteiger charge is -2.35. The second-order valence-corrected chi connectivity index (χ2v) is 9.91. The van der Waals surface area contributed by atoms with Gasteiger partial charge in [-0.1, -0.05) is 11.2 Å².